The Kier molecular flexibility index (Phi) is 9.48. The van der Waals surface area contributed by atoms with Crippen molar-refractivity contribution in [2.24, 2.45) is 0 Å². The average molecular weight is 584 g/mol. The van der Waals surface area contributed by atoms with Crippen molar-refractivity contribution in [3.63, 3.8) is 0 Å². The summed E-state index contributed by atoms with van der Waals surface area (Å²) in [4.78, 5) is 28.1. The molecule has 1 fully saturated rings. The second-order valence-corrected chi connectivity index (χ2v) is 12.1. The lowest BCUT2D eigenvalue weighted by Gasteiger charge is -2.33. The van der Waals surface area contributed by atoms with Crippen molar-refractivity contribution in [2.75, 3.05) is 24.9 Å². The van der Waals surface area contributed by atoms with Crippen LogP contribution in [0, 0.1) is 5.82 Å². The minimum Gasteiger partial charge on any atom is -0.352 e. The number of halogens is 2. The molecule has 2 aromatic rings. The number of amides is 2. The van der Waals surface area contributed by atoms with Crippen LogP contribution in [0.3, 0.4) is 0 Å². The first-order valence-electron chi connectivity index (χ1n) is 11.8. The molecule has 0 unspecified atom stereocenters. The molecule has 2 amide bonds. The molecule has 1 atom stereocenters. The normalized spacial score (nSPS) is 15.1. The molecule has 0 aromatic heterocycles. The third-order valence-electron chi connectivity index (χ3n) is 6.27. The quantitative estimate of drug-likeness (QED) is 0.462. The Morgan fingerprint density at radius 3 is 2.19 bits per heavy atom. The maximum absolute atomic E-state index is 13.7. The molecule has 0 radical (unpaired) electrons. The summed E-state index contributed by atoms with van der Waals surface area (Å²) in [6.07, 6.45) is 3.91. The summed E-state index contributed by atoms with van der Waals surface area (Å²) >= 11 is 3.39. The fourth-order valence-corrected chi connectivity index (χ4v) is 5.41. The van der Waals surface area contributed by atoms with Crippen LogP contribution < -0.4 is 9.62 Å². The second-order valence-electron chi connectivity index (χ2n) is 9.09. The Morgan fingerprint density at radius 1 is 1.06 bits per heavy atom. The predicted octanol–water partition coefficient (Wildman–Crippen LogP) is 3.68. The molecule has 196 valence electrons. The average Bonchev–Trinajstić information content (AvgIpc) is 3.35. The maximum atomic E-state index is 13.7. The Balaban J connectivity index is 1.91. The van der Waals surface area contributed by atoms with Crippen molar-refractivity contribution < 1.29 is 22.4 Å². The van der Waals surface area contributed by atoms with Crippen LogP contribution >= 0.6 is 15.9 Å². The lowest BCUT2D eigenvalue weighted by molar-refractivity contribution is -0.139. The van der Waals surface area contributed by atoms with Crippen LogP contribution in [0.15, 0.2) is 53.0 Å². The summed E-state index contributed by atoms with van der Waals surface area (Å²) in [5, 5.41) is 3.03. The van der Waals surface area contributed by atoms with Gasteiger partial charge in [-0.2, -0.15) is 12.7 Å². The monoisotopic (exact) mass is 582 g/mol. The number of carbonyl (C=O) groups is 2. The molecule has 8 nitrogen and oxygen atoms in total. The Bertz CT molecular complexity index is 1150. The summed E-state index contributed by atoms with van der Waals surface area (Å²) < 4.78 is 42.5. The van der Waals surface area contributed by atoms with Crippen LogP contribution in [0.5, 0.6) is 0 Å². The van der Waals surface area contributed by atoms with E-state index in [1.54, 1.807) is 6.92 Å². The van der Waals surface area contributed by atoms with E-state index >= 15 is 0 Å². The van der Waals surface area contributed by atoms with E-state index < -0.39 is 34.5 Å². The molecule has 2 aromatic carbocycles. The van der Waals surface area contributed by atoms with Gasteiger partial charge < -0.3 is 10.2 Å². The van der Waals surface area contributed by atoms with E-state index in [9.17, 15) is 22.4 Å². The molecule has 0 heterocycles. The van der Waals surface area contributed by atoms with Gasteiger partial charge >= 0.3 is 10.2 Å². The van der Waals surface area contributed by atoms with Crippen molar-refractivity contribution in [1.82, 2.24) is 14.5 Å². The highest BCUT2D eigenvalue weighted by atomic mass is 79.9. The van der Waals surface area contributed by atoms with Crippen LogP contribution in [-0.4, -0.2) is 62.2 Å². The smallest absolute Gasteiger partial charge is 0.304 e. The summed E-state index contributed by atoms with van der Waals surface area (Å²) in [6.45, 7) is 1.21. The van der Waals surface area contributed by atoms with Crippen LogP contribution in [0.2, 0.25) is 0 Å². The van der Waals surface area contributed by atoms with Gasteiger partial charge in [-0.1, -0.05) is 40.9 Å². The Morgan fingerprint density at radius 2 is 1.64 bits per heavy atom. The lowest BCUT2D eigenvalue weighted by atomic mass is 10.1. The summed E-state index contributed by atoms with van der Waals surface area (Å²) in [5.74, 6) is -1.36. The molecule has 1 N–H and O–H groups in total. The fourth-order valence-electron chi connectivity index (χ4n) is 4.09. The largest absolute Gasteiger partial charge is 0.352 e. The first-order valence-corrected chi connectivity index (χ1v) is 14.0. The zero-order valence-electron chi connectivity index (χ0n) is 20.7. The van der Waals surface area contributed by atoms with Gasteiger partial charge in [0.2, 0.25) is 11.8 Å². The highest BCUT2D eigenvalue weighted by Crippen LogP contribution is 2.22. The molecule has 3 rings (SSSR count). The highest BCUT2D eigenvalue weighted by Gasteiger charge is 2.33. The Hall–Kier alpha value is -2.50. The van der Waals surface area contributed by atoms with Gasteiger partial charge in [0.1, 0.15) is 18.4 Å². The molecule has 0 aliphatic heterocycles. The summed E-state index contributed by atoms with van der Waals surface area (Å²) in [5.41, 5.74) is 0.931. The van der Waals surface area contributed by atoms with E-state index in [2.05, 4.69) is 21.2 Å². The predicted molar refractivity (Wildman–Crippen MR) is 141 cm³/mol. The third-order valence-corrected chi connectivity index (χ3v) is 8.62. The van der Waals surface area contributed by atoms with Crippen molar-refractivity contribution in [3.8, 4) is 0 Å². The van der Waals surface area contributed by atoms with E-state index in [4.69, 9.17) is 0 Å². The van der Waals surface area contributed by atoms with E-state index in [1.807, 2.05) is 24.3 Å². The van der Waals surface area contributed by atoms with Crippen LogP contribution in [0.4, 0.5) is 10.1 Å². The van der Waals surface area contributed by atoms with Gasteiger partial charge in [-0.15, -0.1) is 0 Å². The van der Waals surface area contributed by atoms with E-state index in [-0.39, 0.29) is 24.2 Å². The first-order chi connectivity index (χ1) is 17.0. The molecule has 36 heavy (non-hydrogen) atoms. The van der Waals surface area contributed by atoms with E-state index in [1.165, 1.54) is 31.1 Å². The van der Waals surface area contributed by atoms with Gasteiger partial charge in [-0.25, -0.2) is 8.70 Å². The fraction of sp³-hybridized carbons (Fsp3) is 0.440. The van der Waals surface area contributed by atoms with Gasteiger partial charge in [0.05, 0.1) is 5.69 Å². The summed E-state index contributed by atoms with van der Waals surface area (Å²) in [6, 6.07) is 11.5. The van der Waals surface area contributed by atoms with Crippen molar-refractivity contribution in [2.45, 2.75) is 51.2 Å². The standard InChI is InChI=1S/C25H32BrFN4O4S/c1-18(25(33)28-22-6-4-5-7-22)30(16-19-8-10-20(26)11-9-19)24(32)17-31(36(34,35)29(2)3)23-14-12-21(27)13-15-23/h8-15,18,22H,4-7,16-17H2,1-3H3,(H,28,33)/t18-/m0/s1. The molecule has 1 saturated carbocycles. The number of carbonyl (C=O) groups excluding carboxylic acids is 2. The molecule has 11 heteroatoms. The molecular weight excluding hydrogens is 551 g/mol. The molecule has 1 aliphatic rings. The van der Waals surface area contributed by atoms with E-state index in [0.29, 0.717) is 0 Å². The van der Waals surface area contributed by atoms with Gasteiger partial charge in [-0.3, -0.25) is 9.59 Å². The third kappa shape index (κ3) is 7.04. The SMILES string of the molecule is C[C@@H](C(=O)NC1CCCC1)N(Cc1ccc(Br)cc1)C(=O)CN(c1ccc(F)cc1)S(=O)(=O)N(C)C. The number of rotatable bonds is 10. The topological polar surface area (TPSA) is 90.0 Å². The Labute approximate surface area is 220 Å². The van der Waals surface area contributed by atoms with Crippen LogP contribution in [0.1, 0.15) is 38.2 Å². The molecule has 0 bridgehead atoms. The minimum absolute atomic E-state index is 0.0782. The van der Waals surface area contributed by atoms with Gasteiger partial charge in [0.25, 0.3) is 0 Å². The van der Waals surface area contributed by atoms with E-state index in [0.717, 1.165) is 56.5 Å². The number of anilines is 1. The number of benzene rings is 2. The summed E-state index contributed by atoms with van der Waals surface area (Å²) in [7, 11) is -1.38. The highest BCUT2D eigenvalue weighted by molar-refractivity contribution is 9.10. The van der Waals surface area contributed by atoms with Crippen molar-refractivity contribution in [3.05, 3.63) is 64.4 Å². The molecule has 0 saturated heterocycles. The zero-order valence-corrected chi connectivity index (χ0v) is 23.1. The molecule has 1 aliphatic carbocycles. The molecule has 0 spiro atoms. The second kappa shape index (κ2) is 12.2. The van der Waals surface area contributed by atoms with Crippen molar-refractivity contribution in [1.29, 1.82) is 0 Å². The van der Waals surface area contributed by atoms with Crippen LogP contribution in [0.25, 0.3) is 0 Å². The van der Waals surface area contributed by atoms with Gasteiger partial charge in [0, 0.05) is 31.2 Å². The van der Waals surface area contributed by atoms with Crippen LogP contribution in [-0.2, 0) is 26.3 Å². The minimum atomic E-state index is -4.09. The number of hydrogen-bond donors (Lipinski definition) is 1. The van der Waals surface area contributed by atoms with Gasteiger partial charge in [-0.05, 0) is 61.7 Å². The van der Waals surface area contributed by atoms with Crippen molar-refractivity contribution >= 4 is 43.6 Å². The number of nitrogens with zero attached hydrogens (tertiary/aromatic N) is 3. The maximum Gasteiger partial charge on any atom is 0.304 e. The molecular formula is C25H32BrFN4O4S. The first kappa shape index (κ1) is 28.1. The van der Waals surface area contributed by atoms with Gasteiger partial charge in [0.15, 0.2) is 0 Å². The zero-order chi connectivity index (χ0) is 26.5. The number of nitrogens with one attached hydrogen (secondary N) is 1. The number of hydrogen-bond acceptors (Lipinski definition) is 4. The lowest BCUT2D eigenvalue weighted by Crippen LogP contribution is -2.53.